The van der Waals surface area contributed by atoms with E-state index in [2.05, 4.69) is 4.74 Å². The lowest BCUT2D eigenvalue weighted by Gasteiger charge is -2.06. The second kappa shape index (κ2) is 4.56. The maximum atomic E-state index is 11.1. The second-order valence-electron chi connectivity index (χ2n) is 2.93. The smallest absolute Gasteiger partial charge is 0.337 e. The summed E-state index contributed by atoms with van der Waals surface area (Å²) in [7, 11) is 1.28. The molecule has 5 nitrogen and oxygen atoms in total. The van der Waals surface area contributed by atoms with Crippen molar-refractivity contribution in [3.63, 3.8) is 0 Å². The number of carboxylic acid groups (broad SMARTS) is 1. The van der Waals surface area contributed by atoms with Crippen LogP contribution in [0.4, 0.5) is 0 Å². The first-order valence-electron chi connectivity index (χ1n) is 4.23. The van der Waals surface area contributed by atoms with E-state index in [0.717, 1.165) is 0 Å². The third-order valence-corrected chi connectivity index (χ3v) is 1.96. The largest absolute Gasteiger partial charge is 0.480 e. The summed E-state index contributed by atoms with van der Waals surface area (Å²) in [4.78, 5) is 21.6. The summed E-state index contributed by atoms with van der Waals surface area (Å²) in [5.41, 5.74) is 6.18. The maximum Gasteiger partial charge on any atom is 0.337 e. The number of carbonyl (C=O) groups is 2. The van der Waals surface area contributed by atoms with Crippen molar-refractivity contribution < 1.29 is 19.4 Å². The summed E-state index contributed by atoms with van der Waals surface area (Å²) in [5, 5.41) is 8.64. The molecule has 0 aliphatic carbocycles. The van der Waals surface area contributed by atoms with E-state index >= 15 is 0 Å². The van der Waals surface area contributed by atoms with Gasteiger partial charge < -0.3 is 15.6 Å². The number of methoxy groups -OCH3 is 1. The van der Waals surface area contributed by atoms with Crippen LogP contribution in [0, 0.1) is 0 Å². The third kappa shape index (κ3) is 2.54. The number of aliphatic carboxylic acids is 1. The quantitative estimate of drug-likeness (QED) is 0.710. The number of benzene rings is 1. The van der Waals surface area contributed by atoms with Crippen LogP contribution in [0.3, 0.4) is 0 Å². The van der Waals surface area contributed by atoms with Crippen molar-refractivity contribution in [2.24, 2.45) is 5.73 Å². The molecule has 1 atom stereocenters. The summed E-state index contributed by atoms with van der Waals surface area (Å²) in [6.45, 7) is 0. The fourth-order valence-corrected chi connectivity index (χ4v) is 1.09. The highest BCUT2D eigenvalue weighted by molar-refractivity contribution is 5.89. The van der Waals surface area contributed by atoms with Gasteiger partial charge in [-0.1, -0.05) is 12.1 Å². The van der Waals surface area contributed by atoms with Crippen LogP contribution in [0.1, 0.15) is 22.0 Å². The first-order valence-corrected chi connectivity index (χ1v) is 4.23. The molecule has 5 heteroatoms. The molecule has 0 bridgehead atoms. The molecule has 0 radical (unpaired) electrons. The average Bonchev–Trinajstić information content (AvgIpc) is 2.27. The van der Waals surface area contributed by atoms with Gasteiger partial charge in [0.25, 0.3) is 0 Å². The molecule has 80 valence electrons. The highest BCUT2D eigenvalue weighted by Gasteiger charge is 2.14. The molecule has 15 heavy (non-hydrogen) atoms. The zero-order valence-corrected chi connectivity index (χ0v) is 8.14. The SMILES string of the molecule is COC(=O)c1ccc([C@@H](N)C(=O)O)cc1. The number of nitrogens with two attached hydrogens (primary N) is 1. The van der Waals surface area contributed by atoms with E-state index in [0.29, 0.717) is 11.1 Å². The lowest BCUT2D eigenvalue weighted by atomic mass is 10.1. The molecule has 0 heterocycles. The van der Waals surface area contributed by atoms with Gasteiger partial charge in [-0.3, -0.25) is 4.79 Å². The highest BCUT2D eigenvalue weighted by atomic mass is 16.5. The van der Waals surface area contributed by atoms with Crippen molar-refractivity contribution in [3.8, 4) is 0 Å². The first-order chi connectivity index (χ1) is 7.06. The van der Waals surface area contributed by atoms with Gasteiger partial charge in [-0.2, -0.15) is 0 Å². The Balaban J connectivity index is 2.90. The molecule has 0 unspecified atom stereocenters. The van der Waals surface area contributed by atoms with Crippen LogP contribution in [-0.2, 0) is 9.53 Å². The Hall–Kier alpha value is -1.88. The van der Waals surface area contributed by atoms with Crippen molar-refractivity contribution in [3.05, 3.63) is 35.4 Å². The number of rotatable bonds is 3. The summed E-state index contributed by atoms with van der Waals surface area (Å²) in [6.07, 6.45) is 0. The summed E-state index contributed by atoms with van der Waals surface area (Å²) >= 11 is 0. The van der Waals surface area contributed by atoms with Crippen molar-refractivity contribution in [2.75, 3.05) is 7.11 Å². The van der Waals surface area contributed by atoms with Gasteiger partial charge in [0.05, 0.1) is 12.7 Å². The molecule has 0 saturated carbocycles. The van der Waals surface area contributed by atoms with Crippen molar-refractivity contribution in [1.29, 1.82) is 0 Å². The number of ether oxygens (including phenoxy) is 1. The van der Waals surface area contributed by atoms with Gasteiger partial charge in [-0.15, -0.1) is 0 Å². The van der Waals surface area contributed by atoms with Gasteiger partial charge in [0, 0.05) is 0 Å². The second-order valence-corrected chi connectivity index (χ2v) is 2.93. The molecular weight excluding hydrogens is 198 g/mol. The highest BCUT2D eigenvalue weighted by Crippen LogP contribution is 2.12. The molecule has 1 rings (SSSR count). The number of carbonyl (C=O) groups excluding carboxylic acids is 1. The van der Waals surface area contributed by atoms with E-state index in [1.54, 1.807) is 0 Å². The molecule has 0 spiro atoms. The van der Waals surface area contributed by atoms with Crippen molar-refractivity contribution in [2.45, 2.75) is 6.04 Å². The predicted molar refractivity (Wildman–Crippen MR) is 52.3 cm³/mol. The number of hydrogen-bond donors (Lipinski definition) is 2. The molecule has 0 saturated heterocycles. The average molecular weight is 209 g/mol. The fourth-order valence-electron chi connectivity index (χ4n) is 1.09. The zero-order chi connectivity index (χ0) is 11.4. The summed E-state index contributed by atoms with van der Waals surface area (Å²) < 4.78 is 4.50. The Labute approximate surface area is 86.5 Å². The van der Waals surface area contributed by atoms with E-state index in [-0.39, 0.29) is 0 Å². The zero-order valence-electron chi connectivity index (χ0n) is 8.14. The van der Waals surface area contributed by atoms with E-state index in [4.69, 9.17) is 10.8 Å². The number of esters is 1. The van der Waals surface area contributed by atoms with Crippen LogP contribution in [0.15, 0.2) is 24.3 Å². The minimum Gasteiger partial charge on any atom is -0.480 e. The molecule has 0 aliphatic heterocycles. The van der Waals surface area contributed by atoms with Crippen molar-refractivity contribution >= 4 is 11.9 Å². The lowest BCUT2D eigenvalue weighted by molar-refractivity contribution is -0.138. The molecule has 1 aromatic rings. The predicted octanol–water partition coefficient (Wildman–Crippen LogP) is 0.558. The molecule has 1 aromatic carbocycles. The van der Waals surface area contributed by atoms with Crippen LogP contribution in [0.25, 0.3) is 0 Å². The molecule has 0 aromatic heterocycles. The Morgan fingerprint density at radius 3 is 2.27 bits per heavy atom. The molecule has 3 N–H and O–H groups in total. The number of carboxylic acids is 1. The molecular formula is C10H11NO4. The molecule has 0 amide bonds. The molecule has 0 aliphatic rings. The van der Waals surface area contributed by atoms with Crippen LogP contribution in [-0.4, -0.2) is 24.2 Å². The summed E-state index contributed by atoms with van der Waals surface area (Å²) in [5.74, 6) is -1.58. The normalized spacial score (nSPS) is 11.9. The van der Waals surface area contributed by atoms with Gasteiger partial charge in [0.15, 0.2) is 0 Å². The Kier molecular flexibility index (Phi) is 3.41. The molecule has 0 fully saturated rings. The fraction of sp³-hybridized carbons (Fsp3) is 0.200. The first kappa shape index (κ1) is 11.2. The summed E-state index contributed by atoms with van der Waals surface area (Å²) in [6, 6.07) is 4.86. The van der Waals surface area contributed by atoms with E-state index in [9.17, 15) is 9.59 Å². The van der Waals surface area contributed by atoms with Crippen LogP contribution < -0.4 is 5.73 Å². The lowest BCUT2D eigenvalue weighted by Crippen LogP contribution is -2.20. The van der Waals surface area contributed by atoms with Gasteiger partial charge in [-0.25, -0.2) is 4.79 Å². The standard InChI is InChI=1S/C10H11NO4/c1-15-10(14)7-4-2-6(3-5-7)8(11)9(12)13/h2-5,8H,11H2,1H3,(H,12,13)/t8-/m1/s1. The van der Waals surface area contributed by atoms with Gasteiger partial charge >= 0.3 is 11.9 Å². The van der Waals surface area contributed by atoms with Crippen LogP contribution in [0.2, 0.25) is 0 Å². The maximum absolute atomic E-state index is 11.1. The third-order valence-electron chi connectivity index (χ3n) is 1.96. The number of hydrogen-bond acceptors (Lipinski definition) is 4. The monoisotopic (exact) mass is 209 g/mol. The Morgan fingerprint density at radius 2 is 1.87 bits per heavy atom. The van der Waals surface area contributed by atoms with Gasteiger partial charge in [0.2, 0.25) is 0 Å². The topological polar surface area (TPSA) is 89.6 Å². The van der Waals surface area contributed by atoms with Gasteiger partial charge in [0.1, 0.15) is 6.04 Å². The van der Waals surface area contributed by atoms with E-state index < -0.39 is 18.0 Å². The Morgan fingerprint density at radius 1 is 1.33 bits per heavy atom. The van der Waals surface area contributed by atoms with Crippen LogP contribution in [0.5, 0.6) is 0 Å². The van der Waals surface area contributed by atoms with E-state index in [1.165, 1.54) is 31.4 Å². The van der Waals surface area contributed by atoms with E-state index in [1.807, 2.05) is 0 Å². The Bertz CT molecular complexity index is 372. The van der Waals surface area contributed by atoms with Gasteiger partial charge in [-0.05, 0) is 17.7 Å². The minimum atomic E-state index is -1.11. The van der Waals surface area contributed by atoms with Crippen LogP contribution >= 0.6 is 0 Å². The minimum absolute atomic E-state index is 0.360. The van der Waals surface area contributed by atoms with Crippen molar-refractivity contribution in [1.82, 2.24) is 0 Å².